The Morgan fingerprint density at radius 1 is 1.23 bits per heavy atom. The van der Waals surface area contributed by atoms with E-state index in [1.54, 1.807) is 7.11 Å². The van der Waals surface area contributed by atoms with Crippen LogP contribution in [0.25, 0.3) is 0 Å². The molecule has 0 aliphatic heterocycles. The first-order valence-electron chi connectivity index (χ1n) is 4.59. The summed E-state index contributed by atoms with van der Waals surface area (Å²) in [6.07, 6.45) is 2.16. The first-order chi connectivity index (χ1) is 6.35. The van der Waals surface area contributed by atoms with Crippen molar-refractivity contribution in [2.45, 2.75) is 19.8 Å². The summed E-state index contributed by atoms with van der Waals surface area (Å²) in [5.74, 6) is 0. The molecule has 0 rings (SSSR count). The van der Waals surface area contributed by atoms with Crippen molar-refractivity contribution in [3.63, 3.8) is 0 Å². The number of rotatable bonds is 9. The highest BCUT2D eigenvalue weighted by molar-refractivity contribution is 7.41. The monoisotopic (exact) mass is 209 g/mol. The zero-order valence-electron chi connectivity index (χ0n) is 8.71. The molecule has 0 aromatic carbocycles. The summed E-state index contributed by atoms with van der Waals surface area (Å²) in [5, 5.41) is 3.08. The molecule has 0 heterocycles. The second-order valence-corrected chi connectivity index (χ2v) is 3.80. The van der Waals surface area contributed by atoms with Gasteiger partial charge in [0, 0.05) is 7.11 Å². The standard InChI is InChI=1S/C8H20NO3P/c1-4-11-13(10-3)12-8-6-5-7-9-2/h9H,4-8H2,1-3H3. The average molecular weight is 209 g/mol. The average Bonchev–Trinajstić information content (AvgIpc) is 2.16. The van der Waals surface area contributed by atoms with Crippen LogP contribution in [0.1, 0.15) is 19.8 Å². The van der Waals surface area contributed by atoms with Crippen molar-refractivity contribution in [1.82, 2.24) is 5.32 Å². The van der Waals surface area contributed by atoms with E-state index in [-0.39, 0.29) is 0 Å². The van der Waals surface area contributed by atoms with Gasteiger partial charge >= 0.3 is 8.60 Å². The minimum absolute atomic E-state index is 0.635. The predicted molar refractivity (Wildman–Crippen MR) is 54.7 cm³/mol. The largest absolute Gasteiger partial charge is 0.332 e. The Kier molecular flexibility index (Phi) is 10.6. The summed E-state index contributed by atoms with van der Waals surface area (Å²) < 4.78 is 15.6. The van der Waals surface area contributed by atoms with Gasteiger partial charge in [-0.2, -0.15) is 0 Å². The lowest BCUT2D eigenvalue weighted by molar-refractivity contribution is 0.184. The van der Waals surface area contributed by atoms with Gasteiger partial charge in [0.2, 0.25) is 0 Å². The van der Waals surface area contributed by atoms with Crippen molar-refractivity contribution >= 4 is 8.60 Å². The van der Waals surface area contributed by atoms with Crippen molar-refractivity contribution in [3.05, 3.63) is 0 Å². The number of unbranched alkanes of at least 4 members (excludes halogenated alkanes) is 1. The van der Waals surface area contributed by atoms with Crippen molar-refractivity contribution in [2.75, 3.05) is 33.9 Å². The van der Waals surface area contributed by atoms with Crippen LogP contribution in [-0.2, 0) is 13.6 Å². The third kappa shape index (κ3) is 8.60. The highest BCUT2D eigenvalue weighted by Crippen LogP contribution is 2.38. The van der Waals surface area contributed by atoms with Gasteiger partial charge in [0.1, 0.15) is 0 Å². The Hall–Kier alpha value is 0.270. The van der Waals surface area contributed by atoms with E-state index in [0.717, 1.165) is 19.4 Å². The molecule has 0 aromatic rings. The molecule has 0 fully saturated rings. The smallest absolute Gasteiger partial charge is 0.320 e. The van der Waals surface area contributed by atoms with Crippen LogP contribution in [-0.4, -0.2) is 33.9 Å². The highest BCUT2D eigenvalue weighted by Gasteiger charge is 2.07. The summed E-state index contributed by atoms with van der Waals surface area (Å²) in [5.41, 5.74) is 0. The van der Waals surface area contributed by atoms with E-state index >= 15 is 0 Å². The third-order valence-corrected chi connectivity index (χ3v) is 2.56. The molecular weight excluding hydrogens is 189 g/mol. The topological polar surface area (TPSA) is 39.7 Å². The molecule has 0 saturated carbocycles. The van der Waals surface area contributed by atoms with Crippen molar-refractivity contribution < 1.29 is 13.6 Å². The summed E-state index contributed by atoms with van der Waals surface area (Å²) in [6, 6.07) is 0. The fraction of sp³-hybridized carbons (Fsp3) is 1.00. The molecule has 1 N–H and O–H groups in total. The van der Waals surface area contributed by atoms with E-state index in [1.165, 1.54) is 0 Å². The Morgan fingerprint density at radius 3 is 2.54 bits per heavy atom. The SMILES string of the molecule is CCOP(OC)OCCCCNC. The van der Waals surface area contributed by atoms with Gasteiger partial charge in [0.25, 0.3) is 0 Å². The van der Waals surface area contributed by atoms with Gasteiger partial charge in [0.15, 0.2) is 0 Å². The Labute approximate surface area is 81.9 Å². The van der Waals surface area contributed by atoms with Crippen LogP contribution in [0, 0.1) is 0 Å². The van der Waals surface area contributed by atoms with Crippen LogP contribution in [0.3, 0.4) is 0 Å². The minimum atomic E-state index is -1.10. The van der Waals surface area contributed by atoms with Crippen molar-refractivity contribution in [3.8, 4) is 0 Å². The first-order valence-corrected chi connectivity index (χ1v) is 5.69. The van der Waals surface area contributed by atoms with Gasteiger partial charge in [-0.25, -0.2) is 0 Å². The molecule has 1 unspecified atom stereocenters. The highest BCUT2D eigenvalue weighted by atomic mass is 31.2. The van der Waals surface area contributed by atoms with E-state index in [2.05, 4.69) is 5.32 Å². The van der Waals surface area contributed by atoms with Crippen LogP contribution >= 0.6 is 8.60 Å². The summed E-state index contributed by atoms with van der Waals surface area (Å²) in [7, 11) is 2.45. The van der Waals surface area contributed by atoms with Gasteiger partial charge < -0.3 is 18.9 Å². The molecule has 1 atom stereocenters. The van der Waals surface area contributed by atoms with Gasteiger partial charge in [-0.1, -0.05) is 0 Å². The molecule has 80 valence electrons. The molecule has 0 aromatic heterocycles. The molecule has 0 aliphatic rings. The van der Waals surface area contributed by atoms with Crippen molar-refractivity contribution in [1.29, 1.82) is 0 Å². The molecule has 0 radical (unpaired) electrons. The summed E-state index contributed by atoms with van der Waals surface area (Å²) in [4.78, 5) is 0. The molecule has 0 spiro atoms. The van der Waals surface area contributed by atoms with E-state index in [4.69, 9.17) is 13.6 Å². The van der Waals surface area contributed by atoms with E-state index in [1.807, 2.05) is 14.0 Å². The molecule has 0 saturated heterocycles. The number of nitrogens with one attached hydrogen (secondary N) is 1. The molecule has 0 aliphatic carbocycles. The number of hydrogen-bond donors (Lipinski definition) is 1. The van der Waals surface area contributed by atoms with Gasteiger partial charge in [-0.15, -0.1) is 0 Å². The molecule has 4 nitrogen and oxygen atoms in total. The molecule has 5 heteroatoms. The number of hydrogen-bond acceptors (Lipinski definition) is 4. The third-order valence-electron chi connectivity index (χ3n) is 1.40. The van der Waals surface area contributed by atoms with Gasteiger partial charge in [-0.05, 0) is 33.4 Å². The Bertz CT molecular complexity index is 105. The zero-order chi connectivity index (χ0) is 9.94. The molecule has 0 amide bonds. The lowest BCUT2D eigenvalue weighted by Gasteiger charge is -2.12. The van der Waals surface area contributed by atoms with Crippen LogP contribution in [0.2, 0.25) is 0 Å². The molecular formula is C8H20NO3P. The van der Waals surface area contributed by atoms with E-state index in [0.29, 0.717) is 13.2 Å². The Balaban J connectivity index is 3.17. The van der Waals surface area contributed by atoms with Crippen LogP contribution < -0.4 is 5.32 Å². The fourth-order valence-corrected chi connectivity index (χ4v) is 1.57. The fourth-order valence-electron chi connectivity index (χ4n) is 0.791. The molecule has 0 bridgehead atoms. The maximum Gasteiger partial charge on any atom is 0.332 e. The lowest BCUT2D eigenvalue weighted by atomic mass is 10.3. The summed E-state index contributed by atoms with van der Waals surface area (Å²) >= 11 is 0. The van der Waals surface area contributed by atoms with E-state index < -0.39 is 8.60 Å². The second-order valence-electron chi connectivity index (χ2n) is 2.47. The van der Waals surface area contributed by atoms with Crippen LogP contribution in [0.4, 0.5) is 0 Å². The Morgan fingerprint density at radius 2 is 2.00 bits per heavy atom. The van der Waals surface area contributed by atoms with Gasteiger partial charge in [0.05, 0.1) is 13.2 Å². The van der Waals surface area contributed by atoms with Gasteiger partial charge in [-0.3, -0.25) is 0 Å². The predicted octanol–water partition coefficient (Wildman–Crippen LogP) is 1.91. The van der Waals surface area contributed by atoms with E-state index in [9.17, 15) is 0 Å². The first kappa shape index (κ1) is 13.3. The second kappa shape index (κ2) is 10.4. The maximum atomic E-state index is 5.37. The van der Waals surface area contributed by atoms with Crippen LogP contribution in [0.5, 0.6) is 0 Å². The maximum absolute atomic E-state index is 5.37. The quantitative estimate of drug-likeness (QED) is 0.465. The molecule has 13 heavy (non-hydrogen) atoms. The summed E-state index contributed by atoms with van der Waals surface area (Å²) in [6.45, 7) is 4.30. The normalized spacial score (nSPS) is 13.2. The van der Waals surface area contributed by atoms with Crippen molar-refractivity contribution in [2.24, 2.45) is 0 Å². The minimum Gasteiger partial charge on any atom is -0.320 e. The van der Waals surface area contributed by atoms with Crippen LogP contribution in [0.15, 0.2) is 0 Å². The zero-order valence-corrected chi connectivity index (χ0v) is 9.60. The lowest BCUT2D eigenvalue weighted by Crippen LogP contribution is -2.08.